The van der Waals surface area contributed by atoms with Crippen molar-refractivity contribution in [2.75, 3.05) is 23.9 Å². The number of pyridine rings is 1. The highest BCUT2D eigenvalue weighted by Crippen LogP contribution is 2.20. The van der Waals surface area contributed by atoms with Crippen molar-refractivity contribution in [1.29, 1.82) is 0 Å². The quantitative estimate of drug-likeness (QED) is 0.826. The van der Waals surface area contributed by atoms with Crippen molar-refractivity contribution >= 4 is 27.4 Å². The molecule has 3 nitrogen and oxygen atoms in total. The van der Waals surface area contributed by atoms with E-state index in [1.54, 1.807) is 6.26 Å². The van der Waals surface area contributed by atoms with Gasteiger partial charge in [-0.15, -0.1) is 0 Å². The standard InChI is InChI=1S/C13H16N2OS/c1-17(16)10-4-8-14-13-7-9-15-12-6-3-2-5-11(12)13/h2-3,5-7,9H,4,8,10H2,1H3,(H,14,15). The van der Waals surface area contributed by atoms with Gasteiger partial charge in [-0.1, -0.05) is 18.2 Å². The summed E-state index contributed by atoms with van der Waals surface area (Å²) in [6.07, 6.45) is 4.46. The number of nitrogens with one attached hydrogen (secondary N) is 1. The van der Waals surface area contributed by atoms with E-state index in [2.05, 4.69) is 16.4 Å². The zero-order chi connectivity index (χ0) is 12.1. The minimum atomic E-state index is -0.703. The molecule has 0 bridgehead atoms. The average Bonchev–Trinajstić information content (AvgIpc) is 2.34. The number of benzene rings is 1. The number of para-hydroxylation sites is 1. The number of hydrogen-bond donors (Lipinski definition) is 1. The van der Waals surface area contributed by atoms with E-state index >= 15 is 0 Å². The highest BCUT2D eigenvalue weighted by Gasteiger charge is 2.00. The summed E-state index contributed by atoms with van der Waals surface area (Å²) < 4.78 is 10.9. The number of rotatable bonds is 5. The summed E-state index contributed by atoms with van der Waals surface area (Å²) in [5, 5.41) is 4.50. The Hall–Kier alpha value is -1.42. The fourth-order valence-electron chi connectivity index (χ4n) is 1.75. The molecule has 2 aromatic rings. The number of aromatic nitrogens is 1. The van der Waals surface area contributed by atoms with E-state index in [1.807, 2.05) is 30.5 Å². The SMILES string of the molecule is CS(=O)CCCNc1ccnc2ccccc12. The molecule has 0 aliphatic carbocycles. The number of nitrogens with zero attached hydrogens (tertiary/aromatic N) is 1. The minimum Gasteiger partial charge on any atom is -0.384 e. The van der Waals surface area contributed by atoms with Crippen molar-refractivity contribution in [3.8, 4) is 0 Å². The van der Waals surface area contributed by atoms with Gasteiger partial charge < -0.3 is 5.32 Å². The highest BCUT2D eigenvalue weighted by atomic mass is 32.2. The van der Waals surface area contributed by atoms with Gasteiger partial charge in [-0.3, -0.25) is 9.19 Å². The van der Waals surface area contributed by atoms with Crippen LogP contribution in [0.3, 0.4) is 0 Å². The maximum Gasteiger partial charge on any atom is 0.0722 e. The van der Waals surface area contributed by atoms with E-state index in [0.29, 0.717) is 0 Å². The molecule has 0 saturated heterocycles. The van der Waals surface area contributed by atoms with E-state index in [0.717, 1.165) is 35.3 Å². The van der Waals surface area contributed by atoms with Gasteiger partial charge in [0.25, 0.3) is 0 Å². The normalized spacial score (nSPS) is 12.5. The molecule has 0 aliphatic rings. The summed E-state index contributed by atoms with van der Waals surface area (Å²) in [6, 6.07) is 10.0. The highest BCUT2D eigenvalue weighted by molar-refractivity contribution is 7.84. The molecule has 90 valence electrons. The van der Waals surface area contributed by atoms with Gasteiger partial charge in [0, 0.05) is 46.6 Å². The molecule has 2 rings (SSSR count). The Balaban J connectivity index is 2.05. The molecule has 1 unspecified atom stereocenters. The van der Waals surface area contributed by atoms with Crippen LogP contribution in [0.4, 0.5) is 5.69 Å². The van der Waals surface area contributed by atoms with Crippen molar-refractivity contribution < 1.29 is 4.21 Å². The second kappa shape index (κ2) is 5.77. The Labute approximate surface area is 104 Å². The van der Waals surface area contributed by atoms with Crippen LogP contribution in [-0.4, -0.2) is 27.7 Å². The molecular formula is C13H16N2OS. The molecule has 1 aromatic carbocycles. The van der Waals surface area contributed by atoms with Gasteiger partial charge in [-0.2, -0.15) is 0 Å². The number of anilines is 1. The average molecular weight is 248 g/mol. The molecule has 1 N–H and O–H groups in total. The molecule has 4 heteroatoms. The van der Waals surface area contributed by atoms with Gasteiger partial charge in [0.05, 0.1) is 5.52 Å². The summed E-state index contributed by atoms with van der Waals surface area (Å²) in [6.45, 7) is 0.841. The Morgan fingerprint density at radius 1 is 1.29 bits per heavy atom. The van der Waals surface area contributed by atoms with Gasteiger partial charge in [0.2, 0.25) is 0 Å². The Morgan fingerprint density at radius 2 is 2.12 bits per heavy atom. The summed E-state index contributed by atoms with van der Waals surface area (Å²) >= 11 is 0. The summed E-state index contributed by atoms with van der Waals surface area (Å²) in [5.41, 5.74) is 2.09. The van der Waals surface area contributed by atoms with Crippen LogP contribution in [0.15, 0.2) is 36.5 Å². The van der Waals surface area contributed by atoms with Gasteiger partial charge in [0.15, 0.2) is 0 Å². The van der Waals surface area contributed by atoms with E-state index in [1.165, 1.54) is 0 Å². The first-order chi connectivity index (χ1) is 8.27. The number of hydrogen-bond acceptors (Lipinski definition) is 3. The van der Waals surface area contributed by atoms with Crippen molar-refractivity contribution in [3.05, 3.63) is 36.5 Å². The van der Waals surface area contributed by atoms with Crippen LogP contribution in [0.5, 0.6) is 0 Å². The molecule has 1 aromatic heterocycles. The van der Waals surface area contributed by atoms with E-state index < -0.39 is 10.8 Å². The van der Waals surface area contributed by atoms with Crippen LogP contribution in [0.2, 0.25) is 0 Å². The van der Waals surface area contributed by atoms with Gasteiger partial charge >= 0.3 is 0 Å². The van der Waals surface area contributed by atoms with Crippen LogP contribution in [0.1, 0.15) is 6.42 Å². The maximum atomic E-state index is 10.9. The molecule has 0 amide bonds. The third kappa shape index (κ3) is 3.27. The molecule has 0 radical (unpaired) electrons. The first-order valence-electron chi connectivity index (χ1n) is 5.65. The molecule has 17 heavy (non-hydrogen) atoms. The molecular weight excluding hydrogens is 232 g/mol. The molecule has 0 aliphatic heterocycles. The fourth-order valence-corrected chi connectivity index (χ4v) is 2.30. The van der Waals surface area contributed by atoms with E-state index in [9.17, 15) is 4.21 Å². The zero-order valence-electron chi connectivity index (χ0n) is 9.85. The fraction of sp³-hybridized carbons (Fsp3) is 0.308. The van der Waals surface area contributed by atoms with Crippen LogP contribution in [0.25, 0.3) is 10.9 Å². The van der Waals surface area contributed by atoms with Crippen LogP contribution in [0, 0.1) is 0 Å². The monoisotopic (exact) mass is 248 g/mol. The summed E-state index contributed by atoms with van der Waals surface area (Å²) in [5.74, 6) is 0.746. The summed E-state index contributed by atoms with van der Waals surface area (Å²) in [4.78, 5) is 4.31. The summed E-state index contributed by atoms with van der Waals surface area (Å²) in [7, 11) is -0.703. The lowest BCUT2D eigenvalue weighted by atomic mass is 10.2. The Morgan fingerprint density at radius 3 is 2.94 bits per heavy atom. The lowest BCUT2D eigenvalue weighted by Gasteiger charge is -2.08. The Kier molecular flexibility index (Phi) is 4.09. The Bertz CT molecular complexity index is 522. The second-order valence-electron chi connectivity index (χ2n) is 3.93. The van der Waals surface area contributed by atoms with Crippen LogP contribution < -0.4 is 5.32 Å². The zero-order valence-corrected chi connectivity index (χ0v) is 10.7. The third-order valence-corrected chi connectivity index (χ3v) is 3.44. The molecule has 0 spiro atoms. The van der Waals surface area contributed by atoms with E-state index in [4.69, 9.17) is 0 Å². The first kappa shape index (κ1) is 12.0. The van der Waals surface area contributed by atoms with E-state index in [-0.39, 0.29) is 0 Å². The first-order valence-corrected chi connectivity index (χ1v) is 7.38. The van der Waals surface area contributed by atoms with Gasteiger partial charge in [-0.05, 0) is 18.6 Å². The van der Waals surface area contributed by atoms with Crippen molar-refractivity contribution in [1.82, 2.24) is 4.98 Å². The predicted molar refractivity (Wildman–Crippen MR) is 73.8 cm³/mol. The largest absolute Gasteiger partial charge is 0.384 e. The molecule has 1 atom stereocenters. The molecule has 0 fully saturated rings. The predicted octanol–water partition coefficient (Wildman–Crippen LogP) is 2.42. The van der Waals surface area contributed by atoms with Crippen molar-refractivity contribution in [2.45, 2.75) is 6.42 Å². The lowest BCUT2D eigenvalue weighted by Crippen LogP contribution is -2.06. The topological polar surface area (TPSA) is 42.0 Å². The molecule has 0 saturated carbocycles. The lowest BCUT2D eigenvalue weighted by molar-refractivity contribution is 0.685. The van der Waals surface area contributed by atoms with Gasteiger partial charge in [-0.25, -0.2) is 0 Å². The van der Waals surface area contributed by atoms with Crippen molar-refractivity contribution in [2.24, 2.45) is 0 Å². The smallest absolute Gasteiger partial charge is 0.0722 e. The van der Waals surface area contributed by atoms with Crippen LogP contribution >= 0.6 is 0 Å². The third-order valence-electron chi connectivity index (χ3n) is 2.57. The second-order valence-corrected chi connectivity index (χ2v) is 5.49. The van der Waals surface area contributed by atoms with Crippen molar-refractivity contribution in [3.63, 3.8) is 0 Å². The van der Waals surface area contributed by atoms with Crippen LogP contribution in [-0.2, 0) is 10.8 Å². The van der Waals surface area contributed by atoms with Gasteiger partial charge in [0.1, 0.15) is 0 Å². The maximum absolute atomic E-state index is 10.9. The number of fused-ring (bicyclic) bond motifs is 1. The molecule has 1 heterocycles. The minimum absolute atomic E-state index is 0.703.